The summed E-state index contributed by atoms with van der Waals surface area (Å²) in [4.78, 5) is 5.45. The molecule has 0 amide bonds. The summed E-state index contributed by atoms with van der Waals surface area (Å²) in [6, 6.07) is 0. The Morgan fingerprint density at radius 1 is 0.571 bits per heavy atom. The van der Waals surface area contributed by atoms with Crippen LogP contribution in [0, 0.1) is 23.7 Å². The minimum atomic E-state index is -0.346. The maximum atomic E-state index is 10.8. The minimum absolute atomic E-state index is 0.346. The molecule has 2 saturated heterocycles. The van der Waals surface area contributed by atoms with Gasteiger partial charge in [-0.25, -0.2) is 0 Å². The standard InChI is InChI=1S/C32H54N2O/c35-31-19-15-11-7-2-1-6-10-14-18-29-25-33-21-16-12-8-4-3-5-9-13-17-28-23-30(32(29)20-22-33)26-34(24-28)27-31/h7-8,11-12,15,19,28-32,35H,1-6,9-10,13-14,16-18,20-27H2/b11-7-,12-8-,19-15-/t28-,29-,30+,31?,32-/m1/s1. The highest BCUT2D eigenvalue weighted by Gasteiger charge is 2.38. The fraction of sp³-hybridized carbons (Fsp3) is 0.812. The van der Waals surface area contributed by atoms with Crippen LogP contribution in [-0.2, 0) is 0 Å². The van der Waals surface area contributed by atoms with Crippen molar-refractivity contribution in [3.63, 3.8) is 0 Å². The lowest BCUT2D eigenvalue weighted by atomic mass is 9.69. The van der Waals surface area contributed by atoms with Gasteiger partial charge in [-0.3, -0.25) is 4.90 Å². The molecule has 0 aromatic carbocycles. The Hall–Kier alpha value is -0.900. The number of rotatable bonds is 0. The number of aliphatic hydroxyl groups excluding tert-OH is 1. The SMILES string of the molecule is OC1/C=C\C=C/CCCCCC[C@@H]2CN3CC/C=C\CCCCCC[C@@H]4C[C@@H](CN(C1)C4)[C@@H]2CC3. The summed E-state index contributed by atoms with van der Waals surface area (Å²) >= 11 is 0. The van der Waals surface area contributed by atoms with E-state index in [1.807, 2.05) is 6.08 Å². The summed E-state index contributed by atoms with van der Waals surface area (Å²) in [6.07, 6.45) is 33.4. The van der Waals surface area contributed by atoms with E-state index >= 15 is 0 Å². The van der Waals surface area contributed by atoms with Crippen molar-refractivity contribution in [3.8, 4) is 0 Å². The average Bonchev–Trinajstić information content (AvgIpc) is 2.85. The molecule has 5 aliphatic heterocycles. The van der Waals surface area contributed by atoms with Crippen molar-refractivity contribution >= 4 is 0 Å². The first-order chi connectivity index (χ1) is 17.3. The van der Waals surface area contributed by atoms with Crippen LogP contribution in [0.15, 0.2) is 36.5 Å². The lowest BCUT2D eigenvalue weighted by molar-refractivity contribution is 0.00963. The Bertz CT molecular complexity index is 670. The van der Waals surface area contributed by atoms with E-state index in [0.717, 1.165) is 30.2 Å². The number of hydrogen-bond donors (Lipinski definition) is 1. The van der Waals surface area contributed by atoms with Gasteiger partial charge < -0.3 is 10.0 Å². The van der Waals surface area contributed by atoms with E-state index < -0.39 is 0 Å². The molecule has 2 fully saturated rings. The number of fused-ring (bicyclic) bond motifs is 10. The quantitative estimate of drug-likeness (QED) is 0.377. The van der Waals surface area contributed by atoms with E-state index in [1.165, 1.54) is 129 Å². The highest BCUT2D eigenvalue weighted by Crippen LogP contribution is 2.40. The van der Waals surface area contributed by atoms with Crippen LogP contribution >= 0.6 is 0 Å². The second-order valence-corrected chi connectivity index (χ2v) is 12.2. The van der Waals surface area contributed by atoms with Crippen molar-refractivity contribution < 1.29 is 5.11 Å². The maximum absolute atomic E-state index is 10.8. The number of hydrogen-bond acceptors (Lipinski definition) is 3. The molecule has 6 bridgehead atoms. The lowest BCUT2D eigenvalue weighted by Crippen LogP contribution is -2.50. The van der Waals surface area contributed by atoms with Crippen LogP contribution in [0.5, 0.6) is 0 Å². The predicted octanol–water partition coefficient (Wildman–Crippen LogP) is 6.99. The van der Waals surface area contributed by atoms with Crippen LogP contribution in [0.1, 0.15) is 96.3 Å². The van der Waals surface area contributed by atoms with Gasteiger partial charge in [-0.1, -0.05) is 75.0 Å². The molecule has 0 spiro atoms. The number of nitrogens with zero attached hydrogens (tertiary/aromatic N) is 2. The topological polar surface area (TPSA) is 26.7 Å². The van der Waals surface area contributed by atoms with E-state index in [0.29, 0.717) is 0 Å². The molecule has 3 heteroatoms. The van der Waals surface area contributed by atoms with Gasteiger partial charge in [-0.05, 0) is 88.0 Å². The number of allylic oxidation sites excluding steroid dienone is 4. The summed E-state index contributed by atoms with van der Waals surface area (Å²) in [5, 5.41) is 10.8. The van der Waals surface area contributed by atoms with E-state index in [2.05, 4.69) is 40.2 Å². The molecule has 5 aliphatic rings. The Balaban J connectivity index is 1.51. The Labute approximate surface area is 216 Å². The highest BCUT2D eigenvalue weighted by atomic mass is 16.3. The second-order valence-electron chi connectivity index (χ2n) is 12.2. The Morgan fingerprint density at radius 2 is 1.31 bits per heavy atom. The summed E-state index contributed by atoms with van der Waals surface area (Å²) in [5.74, 6) is 3.40. The molecule has 198 valence electrons. The summed E-state index contributed by atoms with van der Waals surface area (Å²) in [6.45, 7) is 7.10. The fourth-order valence-corrected chi connectivity index (χ4v) is 7.53. The number of piperidine rings is 2. The van der Waals surface area contributed by atoms with Gasteiger partial charge in [0.2, 0.25) is 0 Å². The highest BCUT2D eigenvalue weighted by molar-refractivity contribution is 5.05. The molecular weight excluding hydrogens is 428 g/mol. The predicted molar refractivity (Wildman–Crippen MR) is 150 cm³/mol. The zero-order chi connectivity index (χ0) is 24.1. The van der Waals surface area contributed by atoms with Gasteiger partial charge in [-0.15, -0.1) is 0 Å². The summed E-state index contributed by atoms with van der Waals surface area (Å²) < 4.78 is 0. The van der Waals surface area contributed by atoms with Gasteiger partial charge in [-0.2, -0.15) is 0 Å². The molecule has 0 radical (unpaired) electrons. The first-order valence-electron chi connectivity index (χ1n) is 15.4. The van der Waals surface area contributed by atoms with E-state index in [-0.39, 0.29) is 6.10 Å². The first-order valence-corrected chi connectivity index (χ1v) is 15.4. The van der Waals surface area contributed by atoms with Gasteiger partial charge in [0.05, 0.1) is 6.10 Å². The molecular formula is C32H54N2O. The second kappa shape index (κ2) is 15.4. The molecule has 7 atom stereocenters. The van der Waals surface area contributed by atoms with Crippen LogP contribution < -0.4 is 0 Å². The van der Waals surface area contributed by atoms with Gasteiger partial charge in [0.25, 0.3) is 0 Å². The summed E-state index contributed by atoms with van der Waals surface area (Å²) in [7, 11) is 0. The van der Waals surface area contributed by atoms with Crippen molar-refractivity contribution in [1.29, 1.82) is 0 Å². The monoisotopic (exact) mass is 482 g/mol. The molecule has 0 aliphatic carbocycles. The fourth-order valence-electron chi connectivity index (χ4n) is 7.53. The van der Waals surface area contributed by atoms with Crippen LogP contribution in [0.25, 0.3) is 0 Å². The van der Waals surface area contributed by atoms with Crippen molar-refractivity contribution in [3.05, 3.63) is 36.5 Å². The van der Waals surface area contributed by atoms with Crippen molar-refractivity contribution in [2.45, 2.75) is 102 Å². The minimum Gasteiger partial charge on any atom is -0.388 e. The van der Waals surface area contributed by atoms with E-state index in [9.17, 15) is 5.11 Å². The molecule has 35 heavy (non-hydrogen) atoms. The normalized spacial score (nSPS) is 41.6. The maximum Gasteiger partial charge on any atom is 0.0850 e. The third-order valence-corrected chi connectivity index (χ3v) is 9.36. The number of aliphatic hydroxyl groups is 1. The molecule has 3 nitrogen and oxygen atoms in total. The zero-order valence-corrected chi connectivity index (χ0v) is 22.5. The van der Waals surface area contributed by atoms with Gasteiger partial charge in [0, 0.05) is 32.7 Å². The molecule has 0 aromatic heterocycles. The molecule has 5 rings (SSSR count). The molecule has 3 unspecified atom stereocenters. The van der Waals surface area contributed by atoms with Gasteiger partial charge >= 0.3 is 0 Å². The molecule has 5 heterocycles. The largest absolute Gasteiger partial charge is 0.388 e. The smallest absolute Gasteiger partial charge is 0.0850 e. The third kappa shape index (κ3) is 9.48. The Morgan fingerprint density at radius 3 is 2.20 bits per heavy atom. The first kappa shape index (κ1) is 27.1. The van der Waals surface area contributed by atoms with E-state index in [4.69, 9.17) is 0 Å². The van der Waals surface area contributed by atoms with Crippen LogP contribution in [0.4, 0.5) is 0 Å². The molecule has 1 N–H and O–H groups in total. The lowest BCUT2D eigenvalue weighted by Gasteiger charge is -2.47. The van der Waals surface area contributed by atoms with Crippen molar-refractivity contribution in [2.24, 2.45) is 23.7 Å². The van der Waals surface area contributed by atoms with Crippen molar-refractivity contribution in [2.75, 3.05) is 39.3 Å². The summed E-state index contributed by atoms with van der Waals surface area (Å²) in [5.41, 5.74) is 0. The third-order valence-electron chi connectivity index (χ3n) is 9.36. The Kier molecular flexibility index (Phi) is 11.9. The zero-order valence-electron chi connectivity index (χ0n) is 22.5. The van der Waals surface area contributed by atoms with Gasteiger partial charge in [0.15, 0.2) is 0 Å². The van der Waals surface area contributed by atoms with Crippen LogP contribution in [0.2, 0.25) is 0 Å². The van der Waals surface area contributed by atoms with Gasteiger partial charge in [0.1, 0.15) is 0 Å². The molecule has 0 saturated carbocycles. The van der Waals surface area contributed by atoms with Crippen LogP contribution in [0.3, 0.4) is 0 Å². The van der Waals surface area contributed by atoms with Crippen LogP contribution in [-0.4, -0.2) is 60.3 Å². The average molecular weight is 483 g/mol. The van der Waals surface area contributed by atoms with E-state index in [1.54, 1.807) is 0 Å². The molecule has 0 aromatic rings. The van der Waals surface area contributed by atoms with Crippen molar-refractivity contribution in [1.82, 2.24) is 9.80 Å².